The third-order valence-electron chi connectivity index (χ3n) is 2.15. The van der Waals surface area contributed by atoms with Crippen molar-refractivity contribution in [2.75, 3.05) is 0 Å². The molecule has 3 nitrogen and oxygen atoms in total. The van der Waals surface area contributed by atoms with E-state index in [1.807, 2.05) is 13.8 Å². The first-order valence-electron chi connectivity index (χ1n) is 4.54. The van der Waals surface area contributed by atoms with E-state index in [1.54, 1.807) is 6.07 Å². The Hall–Kier alpha value is -0.610. The van der Waals surface area contributed by atoms with Gasteiger partial charge in [0.25, 0.3) is 0 Å². The minimum atomic E-state index is -0.112. The van der Waals surface area contributed by atoms with Crippen molar-refractivity contribution in [2.24, 2.45) is 11.7 Å². The van der Waals surface area contributed by atoms with Crippen molar-refractivity contribution in [3.63, 3.8) is 0 Å². The Labute approximate surface area is 91.8 Å². The second-order valence-electron chi connectivity index (χ2n) is 3.63. The smallest absolute Gasteiger partial charge is 0.200 e. The van der Waals surface area contributed by atoms with E-state index in [9.17, 15) is 4.79 Å². The van der Waals surface area contributed by atoms with Gasteiger partial charge in [0.1, 0.15) is 0 Å². The SMILES string of the molecule is CC(C)C(N)CC(=O)c1occc1Br. The predicted octanol–water partition coefficient (Wildman–Crippen LogP) is 2.60. The third-order valence-corrected chi connectivity index (χ3v) is 2.77. The average molecular weight is 260 g/mol. The summed E-state index contributed by atoms with van der Waals surface area (Å²) < 4.78 is 5.75. The van der Waals surface area contributed by atoms with E-state index >= 15 is 0 Å². The van der Waals surface area contributed by atoms with E-state index in [-0.39, 0.29) is 11.8 Å². The van der Waals surface area contributed by atoms with Gasteiger partial charge in [-0.2, -0.15) is 0 Å². The highest BCUT2D eigenvalue weighted by Gasteiger charge is 2.18. The molecule has 0 aliphatic heterocycles. The van der Waals surface area contributed by atoms with Gasteiger partial charge in [-0.1, -0.05) is 13.8 Å². The van der Waals surface area contributed by atoms with E-state index in [1.165, 1.54) is 6.26 Å². The molecule has 0 amide bonds. The van der Waals surface area contributed by atoms with Crippen LogP contribution in [0.1, 0.15) is 30.8 Å². The summed E-state index contributed by atoms with van der Waals surface area (Å²) >= 11 is 3.24. The molecule has 1 rings (SSSR count). The van der Waals surface area contributed by atoms with Crippen LogP contribution < -0.4 is 5.73 Å². The summed E-state index contributed by atoms with van der Waals surface area (Å²) in [5.74, 6) is 0.608. The van der Waals surface area contributed by atoms with Crippen LogP contribution in [0, 0.1) is 5.92 Å². The molecule has 1 unspecified atom stereocenters. The number of carbonyl (C=O) groups is 1. The standard InChI is InChI=1S/C10H14BrNO2/c1-6(2)8(12)5-9(13)10-7(11)3-4-14-10/h3-4,6,8H,5,12H2,1-2H3. The summed E-state index contributed by atoms with van der Waals surface area (Å²) in [6.45, 7) is 3.99. The molecule has 0 spiro atoms. The number of ketones is 1. The van der Waals surface area contributed by atoms with Crippen LogP contribution in [0.25, 0.3) is 0 Å². The van der Waals surface area contributed by atoms with Gasteiger partial charge in [-0.05, 0) is 27.9 Å². The number of rotatable bonds is 4. The maximum Gasteiger partial charge on any atom is 0.200 e. The Balaban J connectivity index is 2.64. The third kappa shape index (κ3) is 2.69. The van der Waals surface area contributed by atoms with Crippen LogP contribution >= 0.6 is 15.9 Å². The van der Waals surface area contributed by atoms with E-state index < -0.39 is 0 Å². The van der Waals surface area contributed by atoms with Crippen molar-refractivity contribution in [1.82, 2.24) is 0 Å². The van der Waals surface area contributed by atoms with Crippen molar-refractivity contribution in [3.8, 4) is 0 Å². The molecule has 78 valence electrons. The first-order valence-corrected chi connectivity index (χ1v) is 5.33. The largest absolute Gasteiger partial charge is 0.460 e. The van der Waals surface area contributed by atoms with Gasteiger partial charge in [-0.15, -0.1) is 0 Å². The van der Waals surface area contributed by atoms with Crippen molar-refractivity contribution in [1.29, 1.82) is 0 Å². The topological polar surface area (TPSA) is 56.2 Å². The quantitative estimate of drug-likeness (QED) is 0.846. The van der Waals surface area contributed by atoms with Gasteiger partial charge in [0.05, 0.1) is 10.7 Å². The molecule has 1 aromatic rings. The molecule has 2 N–H and O–H groups in total. The molecular formula is C10H14BrNO2. The Bertz CT molecular complexity index is 320. The molecule has 0 saturated carbocycles. The Morgan fingerprint density at radius 1 is 1.64 bits per heavy atom. The van der Waals surface area contributed by atoms with Crippen LogP contribution in [-0.4, -0.2) is 11.8 Å². The lowest BCUT2D eigenvalue weighted by Crippen LogP contribution is -2.29. The normalized spacial score (nSPS) is 13.2. The Kier molecular flexibility index (Phi) is 3.89. The molecule has 1 heterocycles. The average Bonchev–Trinajstić information content (AvgIpc) is 2.51. The number of hydrogen-bond acceptors (Lipinski definition) is 3. The van der Waals surface area contributed by atoms with Gasteiger partial charge in [0, 0.05) is 12.5 Å². The molecule has 4 heteroatoms. The second-order valence-corrected chi connectivity index (χ2v) is 4.49. The highest BCUT2D eigenvalue weighted by Crippen LogP contribution is 2.20. The summed E-state index contributed by atoms with van der Waals surface area (Å²) in [4.78, 5) is 11.6. The molecule has 1 atom stereocenters. The summed E-state index contributed by atoms with van der Waals surface area (Å²) in [7, 11) is 0. The maximum absolute atomic E-state index is 11.6. The summed E-state index contributed by atoms with van der Waals surface area (Å²) in [5.41, 5.74) is 5.80. The number of hydrogen-bond donors (Lipinski definition) is 1. The van der Waals surface area contributed by atoms with E-state index in [0.29, 0.717) is 22.6 Å². The number of halogens is 1. The van der Waals surface area contributed by atoms with Gasteiger partial charge in [-0.25, -0.2) is 0 Å². The van der Waals surface area contributed by atoms with Crippen LogP contribution in [-0.2, 0) is 0 Å². The molecule has 14 heavy (non-hydrogen) atoms. The predicted molar refractivity (Wildman–Crippen MR) is 58.2 cm³/mol. The van der Waals surface area contributed by atoms with Gasteiger partial charge in [0.15, 0.2) is 5.76 Å². The van der Waals surface area contributed by atoms with Crippen LogP contribution in [0.5, 0.6) is 0 Å². The lowest BCUT2D eigenvalue weighted by Gasteiger charge is -2.13. The monoisotopic (exact) mass is 259 g/mol. The zero-order valence-corrected chi connectivity index (χ0v) is 9.87. The molecular weight excluding hydrogens is 246 g/mol. The zero-order chi connectivity index (χ0) is 10.7. The molecule has 0 aromatic carbocycles. The second kappa shape index (κ2) is 4.75. The summed E-state index contributed by atoms with van der Waals surface area (Å²) in [6, 6.07) is 1.59. The van der Waals surface area contributed by atoms with Gasteiger partial charge in [-0.3, -0.25) is 4.79 Å². The van der Waals surface area contributed by atoms with E-state index in [2.05, 4.69) is 15.9 Å². The molecule has 0 aliphatic carbocycles. The van der Waals surface area contributed by atoms with Gasteiger partial charge >= 0.3 is 0 Å². The van der Waals surface area contributed by atoms with Crippen molar-refractivity contribution < 1.29 is 9.21 Å². The number of carbonyl (C=O) groups excluding carboxylic acids is 1. The highest BCUT2D eigenvalue weighted by molar-refractivity contribution is 9.10. The van der Waals surface area contributed by atoms with Crippen LogP contribution in [0.2, 0.25) is 0 Å². The Morgan fingerprint density at radius 3 is 2.71 bits per heavy atom. The molecule has 0 saturated heterocycles. The number of nitrogens with two attached hydrogens (primary N) is 1. The first-order chi connectivity index (χ1) is 6.52. The molecule has 1 aromatic heterocycles. The lowest BCUT2D eigenvalue weighted by molar-refractivity contribution is 0.0939. The molecule has 0 radical (unpaired) electrons. The number of furan rings is 1. The van der Waals surface area contributed by atoms with E-state index in [0.717, 1.165) is 0 Å². The maximum atomic E-state index is 11.6. The first kappa shape index (κ1) is 11.5. The van der Waals surface area contributed by atoms with Crippen LogP contribution in [0.3, 0.4) is 0 Å². The lowest BCUT2D eigenvalue weighted by atomic mass is 9.99. The summed E-state index contributed by atoms with van der Waals surface area (Å²) in [6.07, 6.45) is 1.81. The minimum absolute atomic E-state index is 0.0527. The fourth-order valence-electron chi connectivity index (χ4n) is 1.04. The van der Waals surface area contributed by atoms with Crippen LogP contribution in [0.4, 0.5) is 0 Å². The molecule has 0 bridgehead atoms. The minimum Gasteiger partial charge on any atom is -0.460 e. The van der Waals surface area contributed by atoms with Gasteiger partial charge < -0.3 is 10.2 Å². The zero-order valence-electron chi connectivity index (χ0n) is 8.29. The fraction of sp³-hybridized carbons (Fsp3) is 0.500. The van der Waals surface area contributed by atoms with E-state index in [4.69, 9.17) is 10.2 Å². The fourth-order valence-corrected chi connectivity index (χ4v) is 1.46. The van der Waals surface area contributed by atoms with Crippen molar-refractivity contribution >= 4 is 21.7 Å². The summed E-state index contributed by atoms with van der Waals surface area (Å²) in [5, 5.41) is 0. The van der Waals surface area contributed by atoms with Gasteiger partial charge in [0.2, 0.25) is 5.78 Å². The number of Topliss-reactive ketones (excluding diaryl/α,β-unsaturated/α-hetero) is 1. The Morgan fingerprint density at radius 2 is 2.29 bits per heavy atom. The van der Waals surface area contributed by atoms with Crippen molar-refractivity contribution in [3.05, 3.63) is 22.6 Å². The van der Waals surface area contributed by atoms with Crippen LogP contribution in [0.15, 0.2) is 21.2 Å². The van der Waals surface area contributed by atoms with Crippen molar-refractivity contribution in [2.45, 2.75) is 26.3 Å². The molecule has 0 fully saturated rings. The highest BCUT2D eigenvalue weighted by atomic mass is 79.9. The molecule has 0 aliphatic rings.